The van der Waals surface area contributed by atoms with E-state index in [0.29, 0.717) is 91.9 Å². The number of piperazine rings is 1. The summed E-state index contributed by atoms with van der Waals surface area (Å²) in [6.45, 7) is 11.1. The number of carbonyl (C=O) groups excluding carboxylic acids is 5. The van der Waals surface area contributed by atoms with Gasteiger partial charge in [0, 0.05) is 111 Å². The van der Waals surface area contributed by atoms with Crippen LogP contribution in [0.2, 0.25) is 5.02 Å². The summed E-state index contributed by atoms with van der Waals surface area (Å²) < 4.78 is 105. The molecule has 0 aromatic heterocycles. The monoisotopic (exact) mass is 1370 g/mol. The van der Waals surface area contributed by atoms with Crippen LogP contribution in [0, 0.1) is 11.3 Å². The van der Waals surface area contributed by atoms with Crippen molar-refractivity contribution in [2.24, 2.45) is 11.3 Å². The van der Waals surface area contributed by atoms with Crippen molar-refractivity contribution in [3.8, 4) is 0 Å². The quantitative estimate of drug-likeness (QED) is 0.0489. The molecular formula is C68H77ClF3N9O10S3. The number of ether oxygens (including phenoxy) is 1. The van der Waals surface area contributed by atoms with Gasteiger partial charge < -0.3 is 24.8 Å². The number of piperidine rings is 3. The van der Waals surface area contributed by atoms with Crippen LogP contribution in [-0.2, 0) is 34.2 Å². The minimum absolute atomic E-state index is 0.0269. The SMILES string of the molecule is O=C1CCC(N2C(=O)c3cccc(N4CCC(CN5CCC6(CCC(c7ccc(Cl)cc7)=C(CN7CCN(c8ccc(C(=O)NS(=O)(=O)c9ccc(N[C@H](CCN%10CCOCC%10)CSc%10ccccc%10)c(S(=O)(=O)C(F)(F)F)c9)cc8)CC7)C6)CC5)CC4)c3C2=O)C(=O)N1. The van der Waals surface area contributed by atoms with Gasteiger partial charge in [-0.15, -0.1) is 11.8 Å². The molecule has 12 rings (SSSR count). The van der Waals surface area contributed by atoms with Crippen LogP contribution in [0.25, 0.3) is 5.57 Å². The number of anilines is 3. The first kappa shape index (κ1) is 67.2. The van der Waals surface area contributed by atoms with E-state index in [1.54, 1.807) is 24.3 Å². The molecule has 5 fully saturated rings. The lowest BCUT2D eigenvalue weighted by atomic mass is 9.65. The van der Waals surface area contributed by atoms with E-state index in [-0.39, 0.29) is 23.8 Å². The Hall–Kier alpha value is -6.84. The Bertz CT molecular complexity index is 3910. The van der Waals surface area contributed by atoms with Crippen LogP contribution >= 0.6 is 23.4 Å². The molecule has 0 saturated carbocycles. The Morgan fingerprint density at radius 2 is 1.45 bits per heavy atom. The van der Waals surface area contributed by atoms with Gasteiger partial charge in [-0.05, 0) is 172 Å². The zero-order valence-electron chi connectivity index (χ0n) is 52.1. The highest BCUT2D eigenvalue weighted by molar-refractivity contribution is 7.99. The van der Waals surface area contributed by atoms with Gasteiger partial charge in [0.05, 0.1) is 40.6 Å². The first-order valence-electron chi connectivity index (χ1n) is 32.2. The Kier molecular flexibility index (Phi) is 20.3. The van der Waals surface area contributed by atoms with Crippen LogP contribution < -0.4 is 25.2 Å². The average Bonchev–Trinajstić information content (AvgIpc) is 1.51. The molecule has 19 nitrogen and oxygen atoms in total. The third-order valence-electron chi connectivity index (χ3n) is 19.8. The number of alkyl halides is 3. The van der Waals surface area contributed by atoms with Gasteiger partial charge in [0.1, 0.15) is 10.9 Å². The molecule has 94 heavy (non-hydrogen) atoms. The van der Waals surface area contributed by atoms with Gasteiger partial charge in [-0.2, -0.15) is 13.2 Å². The molecule has 26 heteroatoms. The van der Waals surface area contributed by atoms with Crippen molar-refractivity contribution in [1.82, 2.24) is 29.6 Å². The van der Waals surface area contributed by atoms with E-state index in [1.807, 2.05) is 53.3 Å². The smallest absolute Gasteiger partial charge is 0.380 e. The van der Waals surface area contributed by atoms with Crippen LogP contribution in [0.15, 0.2) is 136 Å². The van der Waals surface area contributed by atoms with Gasteiger partial charge in [-0.1, -0.05) is 53.6 Å². The van der Waals surface area contributed by atoms with Crippen molar-refractivity contribution >= 4 is 95.4 Å². The van der Waals surface area contributed by atoms with E-state index in [4.69, 9.17) is 16.3 Å². The van der Waals surface area contributed by atoms with E-state index in [9.17, 15) is 54.0 Å². The second-order valence-corrected chi connectivity index (χ2v) is 30.8. The van der Waals surface area contributed by atoms with Crippen LogP contribution in [0.5, 0.6) is 0 Å². The van der Waals surface area contributed by atoms with Gasteiger partial charge in [-0.25, -0.2) is 21.6 Å². The summed E-state index contributed by atoms with van der Waals surface area (Å²) in [6, 6.07) is 30.1. The van der Waals surface area contributed by atoms with E-state index in [1.165, 1.54) is 40.6 Å². The fraction of sp³-hybridized carbons (Fsp3) is 0.456. The molecule has 3 N–H and O–H groups in total. The zero-order chi connectivity index (χ0) is 65.9. The highest BCUT2D eigenvalue weighted by Crippen LogP contribution is 2.50. The summed E-state index contributed by atoms with van der Waals surface area (Å²) in [6.07, 6.45) is 7.73. The van der Waals surface area contributed by atoms with Crippen molar-refractivity contribution in [3.63, 3.8) is 0 Å². The third-order valence-corrected chi connectivity index (χ3v) is 24.0. The molecule has 6 heterocycles. The molecule has 0 bridgehead atoms. The van der Waals surface area contributed by atoms with Gasteiger partial charge in [0.15, 0.2) is 0 Å². The Morgan fingerprint density at radius 1 is 0.734 bits per heavy atom. The number of rotatable bonds is 20. The second-order valence-electron chi connectivity index (χ2n) is 25.7. The minimum Gasteiger partial charge on any atom is -0.380 e. The van der Waals surface area contributed by atoms with Crippen molar-refractivity contribution < 1.29 is 58.7 Å². The molecule has 5 saturated heterocycles. The second kappa shape index (κ2) is 28.5. The molecule has 0 radical (unpaired) electrons. The molecule has 1 spiro atoms. The number of hydrogen-bond acceptors (Lipinski definition) is 17. The first-order valence-corrected chi connectivity index (χ1v) is 36.6. The summed E-state index contributed by atoms with van der Waals surface area (Å²) in [5.41, 5.74) is 0.127. The number of amides is 5. The van der Waals surface area contributed by atoms with Crippen LogP contribution in [0.3, 0.4) is 0 Å². The number of fused-ring (bicyclic) bond motifs is 1. The number of imide groups is 2. The number of nitrogens with one attached hydrogen (secondary N) is 3. The maximum atomic E-state index is 14.4. The Morgan fingerprint density at radius 3 is 2.14 bits per heavy atom. The van der Waals surface area contributed by atoms with Crippen LogP contribution in [0.4, 0.5) is 30.2 Å². The summed E-state index contributed by atoms with van der Waals surface area (Å²) in [4.78, 5) is 77.1. The Balaban J connectivity index is 0.646. The number of allylic oxidation sites excluding steroid dienone is 1. The Labute approximate surface area is 555 Å². The average molecular weight is 1370 g/mol. The number of nitrogens with zero attached hydrogens (tertiary/aromatic N) is 6. The number of thioether (sulfide) groups is 1. The predicted molar refractivity (Wildman–Crippen MR) is 354 cm³/mol. The van der Waals surface area contributed by atoms with E-state index >= 15 is 0 Å². The number of morpholine rings is 1. The van der Waals surface area contributed by atoms with Gasteiger partial charge in [0.25, 0.3) is 37.6 Å². The number of halogens is 4. The maximum Gasteiger partial charge on any atom is 0.501 e. The summed E-state index contributed by atoms with van der Waals surface area (Å²) in [5.74, 6) is -2.25. The van der Waals surface area contributed by atoms with E-state index in [2.05, 4.69) is 47.3 Å². The number of sulfone groups is 1. The lowest BCUT2D eigenvalue weighted by molar-refractivity contribution is -0.136. The lowest BCUT2D eigenvalue weighted by Crippen LogP contribution is -2.54. The van der Waals surface area contributed by atoms with Crippen LogP contribution in [-0.4, -0.2) is 188 Å². The zero-order valence-corrected chi connectivity index (χ0v) is 55.3. The number of sulfonamides is 1. The first-order chi connectivity index (χ1) is 45.1. The lowest BCUT2D eigenvalue weighted by Gasteiger charge is -2.47. The summed E-state index contributed by atoms with van der Waals surface area (Å²) in [7, 11) is -11.0. The molecular weight excluding hydrogens is 1290 g/mol. The molecule has 1 aliphatic carbocycles. The van der Waals surface area contributed by atoms with E-state index in [0.717, 1.165) is 125 Å². The minimum atomic E-state index is -6.10. The molecule has 1 unspecified atom stereocenters. The molecule has 5 aromatic rings. The molecule has 6 aliphatic heterocycles. The number of benzene rings is 5. The number of carbonyl (C=O) groups is 5. The molecule has 5 aromatic carbocycles. The van der Waals surface area contributed by atoms with Crippen molar-refractivity contribution in [1.29, 1.82) is 0 Å². The van der Waals surface area contributed by atoms with Gasteiger partial charge in [0.2, 0.25) is 11.8 Å². The van der Waals surface area contributed by atoms with Crippen molar-refractivity contribution in [2.75, 3.05) is 119 Å². The predicted octanol–water partition coefficient (Wildman–Crippen LogP) is 9.21. The molecule has 5 amide bonds. The standard InChI is InChI=1S/C68H77ClF3N9O10S3/c69-50-13-9-47(10-14-50)55-21-25-67(26-31-77(32-27-67)43-46-22-29-80(30-23-46)58-8-4-7-56-62(58)66(86)81(65(56)85)59-19-20-61(82)74-64(59)84)42-49(55)44-78-33-35-79(36-34-78)52-15-11-48(12-16-52)63(83)75-94(89,90)54-17-18-57(60(41-54)93(87,88)68(70,71)72)73-51(24-28-76-37-39-91-40-38-76)45-92-53-5-2-1-3-6-53/h1-18,41,46,51,59,73H,19-40,42-45H2,(H,75,83)(H,74,82,84)/t51-,59?/m1/s1. The summed E-state index contributed by atoms with van der Waals surface area (Å²) >= 11 is 7.83. The van der Waals surface area contributed by atoms with Gasteiger partial charge in [-0.3, -0.25) is 44.0 Å². The fourth-order valence-corrected chi connectivity index (χ4v) is 17.6. The van der Waals surface area contributed by atoms with Crippen molar-refractivity contribution in [2.45, 2.75) is 96.5 Å². The normalized spacial score (nSPS) is 21.0. The van der Waals surface area contributed by atoms with Crippen molar-refractivity contribution in [3.05, 3.63) is 148 Å². The molecule has 2 atom stereocenters. The van der Waals surface area contributed by atoms with E-state index < -0.39 is 82.5 Å². The highest BCUT2D eigenvalue weighted by atomic mass is 35.5. The third kappa shape index (κ3) is 15.1. The largest absolute Gasteiger partial charge is 0.501 e. The maximum absolute atomic E-state index is 14.4. The number of hydrogen-bond donors (Lipinski definition) is 3. The van der Waals surface area contributed by atoms with Gasteiger partial charge >= 0.3 is 5.51 Å². The fourth-order valence-electron chi connectivity index (χ4n) is 14.4. The molecule has 7 aliphatic rings. The highest BCUT2D eigenvalue weighted by Gasteiger charge is 2.50. The topological polar surface area (TPSA) is 218 Å². The number of likely N-dealkylation sites (tertiary alicyclic amines) is 1. The summed E-state index contributed by atoms with van der Waals surface area (Å²) in [5, 5.41) is 5.96. The molecule has 500 valence electrons. The van der Waals surface area contributed by atoms with Crippen LogP contribution in [0.1, 0.15) is 101 Å².